The fraction of sp³-hybridized carbons (Fsp3) is 0.333. The van der Waals surface area contributed by atoms with Crippen LogP contribution in [0.15, 0.2) is 35.5 Å². The van der Waals surface area contributed by atoms with E-state index in [0.717, 1.165) is 17.9 Å². The van der Waals surface area contributed by atoms with Crippen molar-refractivity contribution in [3.8, 4) is 0 Å². The minimum Gasteiger partial charge on any atom is -0.385 e. The third-order valence-corrected chi connectivity index (χ3v) is 2.55. The van der Waals surface area contributed by atoms with Crippen LogP contribution in [0.3, 0.4) is 0 Å². The lowest BCUT2D eigenvalue weighted by Crippen LogP contribution is -2.22. The molecule has 0 aliphatic rings. The third kappa shape index (κ3) is 2.55. The van der Waals surface area contributed by atoms with E-state index in [1.54, 1.807) is 34.8 Å². The van der Waals surface area contributed by atoms with E-state index in [9.17, 15) is 4.79 Å². The smallest absolute Gasteiger partial charge is 0.328 e. The van der Waals surface area contributed by atoms with Crippen molar-refractivity contribution >= 4 is 5.69 Å². The van der Waals surface area contributed by atoms with Crippen LogP contribution in [0.1, 0.15) is 12.6 Å². The van der Waals surface area contributed by atoms with Gasteiger partial charge in [-0.2, -0.15) is 0 Å². The van der Waals surface area contributed by atoms with E-state index in [1.807, 2.05) is 19.1 Å². The van der Waals surface area contributed by atoms with Gasteiger partial charge in [-0.15, -0.1) is 0 Å². The first-order valence-corrected chi connectivity index (χ1v) is 5.61. The van der Waals surface area contributed by atoms with Gasteiger partial charge in [-0.3, -0.25) is 9.55 Å². The maximum Gasteiger partial charge on any atom is 0.328 e. The van der Waals surface area contributed by atoms with Crippen LogP contribution in [0.25, 0.3) is 0 Å². The van der Waals surface area contributed by atoms with Gasteiger partial charge in [0.05, 0.1) is 12.2 Å². The normalized spacial score (nSPS) is 10.5. The molecule has 0 aliphatic heterocycles. The Kier molecular flexibility index (Phi) is 3.27. The van der Waals surface area contributed by atoms with Gasteiger partial charge in [-0.1, -0.05) is 0 Å². The van der Waals surface area contributed by atoms with Gasteiger partial charge in [0.1, 0.15) is 0 Å². The highest BCUT2D eigenvalue weighted by Crippen LogP contribution is 2.08. The molecule has 2 rings (SSSR count). The molecule has 2 heterocycles. The minimum absolute atomic E-state index is 0.0272. The lowest BCUT2D eigenvalue weighted by molar-refractivity contribution is 0.705. The van der Waals surface area contributed by atoms with Crippen LogP contribution in [0.2, 0.25) is 0 Å². The monoisotopic (exact) mass is 232 g/mol. The molecule has 0 saturated heterocycles. The second-order valence-corrected chi connectivity index (χ2v) is 3.89. The van der Waals surface area contributed by atoms with Crippen LogP contribution < -0.4 is 11.0 Å². The van der Waals surface area contributed by atoms with Gasteiger partial charge in [0, 0.05) is 37.9 Å². The molecule has 0 radical (unpaired) electrons. The molecule has 0 aromatic carbocycles. The summed E-state index contributed by atoms with van der Waals surface area (Å²) in [5, 5.41) is 3.22. The number of anilines is 1. The molecule has 0 aliphatic carbocycles. The Bertz CT molecular complexity index is 556. The molecular weight excluding hydrogens is 216 g/mol. The maximum absolute atomic E-state index is 11.7. The van der Waals surface area contributed by atoms with Gasteiger partial charge >= 0.3 is 5.69 Å². The van der Waals surface area contributed by atoms with Crippen LogP contribution in [0, 0.1) is 0 Å². The summed E-state index contributed by atoms with van der Waals surface area (Å²) in [6, 6.07) is 3.88. The lowest BCUT2D eigenvalue weighted by Gasteiger charge is -2.05. The molecule has 0 amide bonds. The average Bonchev–Trinajstić information content (AvgIpc) is 2.62. The number of imidazole rings is 1. The molecule has 17 heavy (non-hydrogen) atoms. The predicted molar refractivity (Wildman–Crippen MR) is 67.2 cm³/mol. The second kappa shape index (κ2) is 4.86. The fourth-order valence-corrected chi connectivity index (χ4v) is 1.68. The molecular formula is C12H16N4O. The highest BCUT2D eigenvalue weighted by atomic mass is 16.1. The number of hydrogen-bond acceptors (Lipinski definition) is 3. The molecule has 1 N–H and O–H groups in total. The summed E-state index contributed by atoms with van der Waals surface area (Å²) in [6.45, 7) is 3.41. The first kappa shape index (κ1) is 11.4. The van der Waals surface area contributed by atoms with E-state index < -0.39 is 0 Å². The van der Waals surface area contributed by atoms with Crippen molar-refractivity contribution < 1.29 is 0 Å². The quantitative estimate of drug-likeness (QED) is 0.857. The SMILES string of the molecule is CCNc1ccnc(Cn2ccn(C)c2=O)c1. The van der Waals surface area contributed by atoms with E-state index in [2.05, 4.69) is 10.3 Å². The Morgan fingerprint density at radius 2 is 2.24 bits per heavy atom. The summed E-state index contributed by atoms with van der Waals surface area (Å²) in [4.78, 5) is 15.9. The highest BCUT2D eigenvalue weighted by Gasteiger charge is 2.02. The van der Waals surface area contributed by atoms with Crippen molar-refractivity contribution in [2.45, 2.75) is 13.5 Å². The molecule has 90 valence electrons. The Morgan fingerprint density at radius 3 is 2.88 bits per heavy atom. The largest absolute Gasteiger partial charge is 0.385 e. The number of nitrogens with zero attached hydrogens (tertiary/aromatic N) is 3. The Morgan fingerprint density at radius 1 is 1.41 bits per heavy atom. The number of hydrogen-bond donors (Lipinski definition) is 1. The van der Waals surface area contributed by atoms with Crippen molar-refractivity contribution in [2.75, 3.05) is 11.9 Å². The fourth-order valence-electron chi connectivity index (χ4n) is 1.68. The topological polar surface area (TPSA) is 51.9 Å². The third-order valence-electron chi connectivity index (χ3n) is 2.55. The number of pyridine rings is 1. The van der Waals surface area contributed by atoms with Gasteiger partial charge in [0.2, 0.25) is 0 Å². The van der Waals surface area contributed by atoms with E-state index in [1.165, 1.54) is 0 Å². The molecule has 0 saturated carbocycles. The number of nitrogens with one attached hydrogen (secondary N) is 1. The number of aryl methyl sites for hydroxylation is 1. The van der Waals surface area contributed by atoms with Gasteiger partial charge < -0.3 is 9.88 Å². The average molecular weight is 232 g/mol. The molecule has 0 fully saturated rings. The van der Waals surface area contributed by atoms with Crippen LogP contribution >= 0.6 is 0 Å². The zero-order valence-corrected chi connectivity index (χ0v) is 10.1. The van der Waals surface area contributed by atoms with Crippen molar-refractivity contribution in [3.63, 3.8) is 0 Å². The summed E-state index contributed by atoms with van der Waals surface area (Å²) in [5.41, 5.74) is 1.87. The molecule has 0 bridgehead atoms. The summed E-state index contributed by atoms with van der Waals surface area (Å²) in [5.74, 6) is 0. The van der Waals surface area contributed by atoms with Crippen LogP contribution in [0.5, 0.6) is 0 Å². The van der Waals surface area contributed by atoms with E-state index in [4.69, 9.17) is 0 Å². The van der Waals surface area contributed by atoms with Crippen LogP contribution in [-0.2, 0) is 13.6 Å². The lowest BCUT2D eigenvalue weighted by atomic mass is 10.3. The minimum atomic E-state index is -0.0272. The highest BCUT2D eigenvalue weighted by molar-refractivity contribution is 5.42. The standard InChI is InChI=1S/C12H16N4O/c1-3-13-10-4-5-14-11(8-10)9-16-7-6-15(2)12(16)17/h4-8H,3,9H2,1-2H3,(H,13,14). The van der Waals surface area contributed by atoms with Crippen LogP contribution in [0.4, 0.5) is 5.69 Å². The molecule has 0 spiro atoms. The molecule has 0 atom stereocenters. The second-order valence-electron chi connectivity index (χ2n) is 3.89. The van der Waals surface area contributed by atoms with Crippen molar-refractivity contribution in [2.24, 2.45) is 7.05 Å². The Hall–Kier alpha value is -2.04. The summed E-state index contributed by atoms with van der Waals surface area (Å²) in [6.07, 6.45) is 5.27. The van der Waals surface area contributed by atoms with E-state index in [0.29, 0.717) is 6.54 Å². The summed E-state index contributed by atoms with van der Waals surface area (Å²) in [7, 11) is 1.74. The molecule has 5 nitrogen and oxygen atoms in total. The van der Waals surface area contributed by atoms with Gasteiger partial charge in [-0.05, 0) is 19.1 Å². The van der Waals surface area contributed by atoms with Crippen molar-refractivity contribution in [1.82, 2.24) is 14.1 Å². The molecule has 5 heteroatoms. The summed E-state index contributed by atoms with van der Waals surface area (Å²) < 4.78 is 3.19. The summed E-state index contributed by atoms with van der Waals surface area (Å²) >= 11 is 0. The zero-order valence-electron chi connectivity index (χ0n) is 10.1. The molecule has 2 aromatic heterocycles. The van der Waals surface area contributed by atoms with Crippen molar-refractivity contribution in [3.05, 3.63) is 46.9 Å². The predicted octanol–water partition coefficient (Wildman–Crippen LogP) is 1.06. The molecule has 2 aromatic rings. The van der Waals surface area contributed by atoms with Gasteiger partial charge in [0.25, 0.3) is 0 Å². The van der Waals surface area contributed by atoms with Gasteiger partial charge in [0.15, 0.2) is 0 Å². The number of aromatic nitrogens is 3. The van der Waals surface area contributed by atoms with E-state index >= 15 is 0 Å². The molecule has 0 unspecified atom stereocenters. The Balaban J connectivity index is 2.21. The van der Waals surface area contributed by atoms with Gasteiger partial charge in [-0.25, -0.2) is 4.79 Å². The number of rotatable bonds is 4. The van der Waals surface area contributed by atoms with Crippen molar-refractivity contribution in [1.29, 1.82) is 0 Å². The van der Waals surface area contributed by atoms with Crippen LogP contribution in [-0.4, -0.2) is 20.7 Å². The zero-order chi connectivity index (χ0) is 12.3. The maximum atomic E-state index is 11.7. The Labute approximate surface area is 99.7 Å². The first-order valence-electron chi connectivity index (χ1n) is 5.61. The first-order chi connectivity index (χ1) is 8.20. The van der Waals surface area contributed by atoms with E-state index in [-0.39, 0.29) is 5.69 Å².